The molecular weight excluding hydrogens is 301 g/mol. The lowest BCUT2D eigenvalue weighted by Crippen LogP contribution is -2.56. The Hall–Kier alpha value is 0.0700. The van der Waals surface area contributed by atoms with Crippen molar-refractivity contribution in [2.75, 3.05) is 26.2 Å². The lowest BCUT2D eigenvalue weighted by molar-refractivity contribution is -0.938. The third-order valence-electron chi connectivity index (χ3n) is 3.01. The van der Waals surface area contributed by atoms with Gasteiger partial charge in [-0.25, -0.2) is 0 Å². The molecule has 136 valence electrons. The van der Waals surface area contributed by atoms with Gasteiger partial charge in [0.25, 0.3) is 7.82 Å². The van der Waals surface area contributed by atoms with Crippen molar-refractivity contribution < 1.29 is 23.7 Å². The number of quaternary nitrogens is 1. The molecule has 0 fully saturated rings. The van der Waals surface area contributed by atoms with E-state index < -0.39 is 7.82 Å². The van der Waals surface area contributed by atoms with Gasteiger partial charge in [0.05, 0.1) is 26.2 Å². The summed E-state index contributed by atoms with van der Waals surface area (Å²) in [5.74, 6) is 3.19. The molecule has 0 aromatic rings. The van der Waals surface area contributed by atoms with Crippen LogP contribution in [0.15, 0.2) is 0 Å². The number of phosphoric acid groups is 1. The molecule has 0 aromatic carbocycles. The van der Waals surface area contributed by atoms with Gasteiger partial charge in [-0.15, -0.1) is 0 Å². The van der Waals surface area contributed by atoms with Crippen LogP contribution in [0.2, 0.25) is 0 Å². The Morgan fingerprint density at radius 3 is 0.955 bits per heavy atom. The van der Waals surface area contributed by atoms with Crippen molar-refractivity contribution in [3.8, 4) is 0 Å². The molecule has 0 aliphatic heterocycles. The average Bonchev–Trinajstić information content (AvgIpc) is 2.06. The van der Waals surface area contributed by atoms with Crippen LogP contribution in [-0.2, 0) is 4.57 Å². The van der Waals surface area contributed by atoms with Crippen LogP contribution in [0.25, 0.3) is 0 Å². The van der Waals surface area contributed by atoms with E-state index in [1.807, 2.05) is 0 Å². The zero-order valence-electron chi connectivity index (χ0n) is 15.7. The van der Waals surface area contributed by atoms with Crippen LogP contribution in [0.4, 0.5) is 0 Å². The monoisotopic (exact) mass is 339 g/mol. The van der Waals surface area contributed by atoms with Gasteiger partial charge >= 0.3 is 0 Å². The number of hydrogen-bond donors (Lipinski definition) is 2. The lowest BCUT2D eigenvalue weighted by atomic mass is 10.0. The molecule has 0 aliphatic carbocycles. The molecule has 2 N–H and O–H groups in total. The van der Waals surface area contributed by atoms with Crippen LogP contribution in [0.1, 0.15) is 55.4 Å². The van der Waals surface area contributed by atoms with E-state index in [1.54, 1.807) is 0 Å². The normalized spacial score (nSPS) is 13.0. The van der Waals surface area contributed by atoms with E-state index >= 15 is 0 Å². The number of rotatable bonds is 8. The van der Waals surface area contributed by atoms with Gasteiger partial charge in [0.1, 0.15) is 0 Å². The number of hydrogen-bond acceptors (Lipinski definition) is 2. The second kappa shape index (κ2) is 10.8. The summed E-state index contributed by atoms with van der Waals surface area (Å²) >= 11 is 0. The molecular formula is C16H38NO4P. The Morgan fingerprint density at radius 1 is 0.727 bits per heavy atom. The van der Waals surface area contributed by atoms with Gasteiger partial charge in [-0.2, -0.15) is 0 Å². The standard InChI is InChI=1S/C16H36N.H3O4P/c1-13(2)9-17(10-14(3)4,11-15(5)6)12-16(7)8;1-5(2,3)4/h13-16H,9-12H2,1-8H3;(H3,1,2,3,4)/q+1;/p-1. The predicted molar refractivity (Wildman–Crippen MR) is 91.1 cm³/mol. The maximum Gasteiger partial charge on any atom is 0.262 e. The van der Waals surface area contributed by atoms with E-state index in [0.29, 0.717) is 0 Å². The minimum absolute atomic E-state index is 0.797. The summed E-state index contributed by atoms with van der Waals surface area (Å²) in [4.78, 5) is 22.9. The van der Waals surface area contributed by atoms with E-state index in [4.69, 9.17) is 19.2 Å². The fourth-order valence-electron chi connectivity index (χ4n) is 3.55. The third kappa shape index (κ3) is 18.1. The second-order valence-corrected chi connectivity index (χ2v) is 9.12. The van der Waals surface area contributed by atoms with Gasteiger partial charge in [-0.1, -0.05) is 55.4 Å². The molecule has 0 radical (unpaired) electrons. The summed E-state index contributed by atoms with van der Waals surface area (Å²) < 4.78 is 10.1. The van der Waals surface area contributed by atoms with Gasteiger partial charge in [-0.3, -0.25) is 4.57 Å². The topological polar surface area (TPSA) is 80.6 Å². The first-order chi connectivity index (χ1) is 9.67. The van der Waals surface area contributed by atoms with E-state index in [-0.39, 0.29) is 0 Å². The van der Waals surface area contributed by atoms with Crippen LogP contribution < -0.4 is 4.89 Å². The summed E-state index contributed by atoms with van der Waals surface area (Å²) in [6, 6.07) is 0. The minimum Gasteiger partial charge on any atom is -0.756 e. The molecule has 0 atom stereocenters. The van der Waals surface area contributed by atoms with Crippen LogP contribution in [0, 0.1) is 23.7 Å². The van der Waals surface area contributed by atoms with E-state index in [9.17, 15) is 0 Å². The molecule has 0 aliphatic rings. The fourth-order valence-corrected chi connectivity index (χ4v) is 3.55. The van der Waals surface area contributed by atoms with Crippen LogP contribution in [0.3, 0.4) is 0 Å². The highest BCUT2D eigenvalue weighted by atomic mass is 31.2. The summed E-state index contributed by atoms with van der Waals surface area (Å²) in [6.07, 6.45) is 0. The van der Waals surface area contributed by atoms with Crippen molar-refractivity contribution >= 4 is 7.82 Å². The smallest absolute Gasteiger partial charge is 0.262 e. The lowest BCUT2D eigenvalue weighted by Gasteiger charge is -2.44. The first-order valence-corrected chi connectivity index (χ1v) is 9.81. The second-order valence-electron chi connectivity index (χ2n) is 8.14. The summed E-state index contributed by atoms with van der Waals surface area (Å²) in [5, 5.41) is 0. The Balaban J connectivity index is 0. The molecule has 0 bridgehead atoms. The molecule has 0 heterocycles. The maximum absolute atomic E-state index is 8.77. The molecule has 0 spiro atoms. The van der Waals surface area contributed by atoms with Crippen molar-refractivity contribution in [1.82, 2.24) is 0 Å². The van der Waals surface area contributed by atoms with Gasteiger partial charge in [0.15, 0.2) is 0 Å². The van der Waals surface area contributed by atoms with Gasteiger partial charge in [0, 0.05) is 23.7 Å². The van der Waals surface area contributed by atoms with E-state index in [1.165, 1.54) is 30.7 Å². The van der Waals surface area contributed by atoms with Crippen molar-refractivity contribution in [3.63, 3.8) is 0 Å². The van der Waals surface area contributed by atoms with Crippen molar-refractivity contribution in [3.05, 3.63) is 0 Å². The predicted octanol–water partition coefficient (Wildman–Crippen LogP) is 2.87. The number of nitrogens with zero attached hydrogens (tertiary/aromatic N) is 1. The highest BCUT2D eigenvalue weighted by Gasteiger charge is 2.31. The van der Waals surface area contributed by atoms with Crippen LogP contribution >= 0.6 is 7.82 Å². The van der Waals surface area contributed by atoms with Crippen LogP contribution in [-0.4, -0.2) is 40.4 Å². The molecule has 0 unspecified atom stereocenters. The minimum atomic E-state index is -4.89. The first kappa shape index (κ1) is 24.3. The highest BCUT2D eigenvalue weighted by Crippen LogP contribution is 2.21. The molecule has 6 heteroatoms. The molecule has 0 saturated heterocycles. The van der Waals surface area contributed by atoms with Crippen molar-refractivity contribution in [2.24, 2.45) is 23.7 Å². The average molecular weight is 339 g/mol. The zero-order chi connectivity index (χ0) is 18.1. The van der Waals surface area contributed by atoms with E-state index in [0.717, 1.165) is 23.7 Å². The fraction of sp³-hybridized carbons (Fsp3) is 1.00. The van der Waals surface area contributed by atoms with Gasteiger partial charge in [-0.05, 0) is 0 Å². The summed E-state index contributed by atoms with van der Waals surface area (Å²) in [7, 11) is -4.89. The molecule has 0 rings (SSSR count). The molecule has 22 heavy (non-hydrogen) atoms. The third-order valence-corrected chi connectivity index (χ3v) is 3.01. The Morgan fingerprint density at radius 2 is 0.864 bits per heavy atom. The first-order valence-electron chi connectivity index (χ1n) is 8.28. The van der Waals surface area contributed by atoms with Crippen LogP contribution in [0.5, 0.6) is 0 Å². The van der Waals surface area contributed by atoms with E-state index in [2.05, 4.69) is 55.4 Å². The summed E-state index contributed by atoms with van der Waals surface area (Å²) in [5.41, 5.74) is 0. The zero-order valence-corrected chi connectivity index (χ0v) is 16.6. The maximum atomic E-state index is 8.77. The SMILES string of the molecule is CC(C)C[N+](CC(C)C)(CC(C)C)CC(C)C.O=P([O-])(O)O. The van der Waals surface area contributed by atoms with Gasteiger partial charge < -0.3 is 19.2 Å². The van der Waals surface area contributed by atoms with Crippen molar-refractivity contribution in [2.45, 2.75) is 55.4 Å². The largest absolute Gasteiger partial charge is 0.756 e. The Bertz CT molecular complexity index is 270. The van der Waals surface area contributed by atoms with Crippen molar-refractivity contribution in [1.29, 1.82) is 0 Å². The Kier molecular flexibility index (Phi) is 11.9. The summed E-state index contributed by atoms with van der Waals surface area (Å²) in [6.45, 7) is 24.3. The molecule has 5 nitrogen and oxygen atoms in total. The molecule has 0 saturated carbocycles. The Labute approximate surface area is 137 Å². The molecule has 0 aromatic heterocycles. The quantitative estimate of drug-likeness (QED) is 0.526. The van der Waals surface area contributed by atoms with Gasteiger partial charge in [0.2, 0.25) is 0 Å². The highest BCUT2D eigenvalue weighted by molar-refractivity contribution is 7.43. The molecule has 0 amide bonds.